The molecule has 0 aliphatic carbocycles. The zero-order valence-electron chi connectivity index (χ0n) is 20.5. The smallest absolute Gasteiger partial charge is 0.227 e. The van der Waals surface area contributed by atoms with E-state index in [1.807, 2.05) is 35.2 Å². The van der Waals surface area contributed by atoms with Gasteiger partial charge in [0.15, 0.2) is 23.0 Å². The van der Waals surface area contributed by atoms with Crippen LogP contribution in [0, 0.1) is 23.0 Å². The molecule has 5 rings (SSSR count). The zero-order chi connectivity index (χ0) is 27.2. The first-order valence-corrected chi connectivity index (χ1v) is 13.5. The maximum absolute atomic E-state index is 14.8. The molecule has 0 amide bonds. The predicted octanol–water partition coefficient (Wildman–Crippen LogP) is 2.58. The lowest BCUT2D eigenvalue weighted by molar-refractivity contribution is 0.330. The molecule has 2 aromatic carbocycles. The van der Waals surface area contributed by atoms with Gasteiger partial charge in [0.2, 0.25) is 16.0 Å². The van der Waals surface area contributed by atoms with Gasteiger partial charge in [-0.3, -0.25) is 0 Å². The molecule has 1 aliphatic heterocycles. The average Bonchev–Trinajstić information content (AvgIpc) is 3.23. The molecule has 4 aromatic rings. The molecule has 0 bridgehead atoms. The van der Waals surface area contributed by atoms with Gasteiger partial charge in [0, 0.05) is 44.5 Å². The Hall–Kier alpha value is -4.15. The summed E-state index contributed by atoms with van der Waals surface area (Å²) in [6.45, 7) is 0.870. The van der Waals surface area contributed by atoms with E-state index in [4.69, 9.17) is 0 Å². The van der Waals surface area contributed by atoms with Gasteiger partial charge in [-0.1, -0.05) is 30.3 Å². The van der Waals surface area contributed by atoms with Crippen molar-refractivity contribution in [2.24, 2.45) is 7.05 Å². The summed E-state index contributed by atoms with van der Waals surface area (Å²) in [6.07, 6.45) is 3.20. The Bertz CT molecular complexity index is 1690. The average molecular weight is 540 g/mol. The Balaban J connectivity index is 1.56. The molecule has 1 saturated heterocycles. The van der Waals surface area contributed by atoms with Crippen LogP contribution < -0.4 is 4.90 Å². The van der Waals surface area contributed by atoms with E-state index in [0.29, 0.717) is 29.9 Å². The fourth-order valence-electron chi connectivity index (χ4n) is 4.69. The summed E-state index contributed by atoms with van der Waals surface area (Å²) in [5, 5.41) is 23.7. The first-order chi connectivity index (χ1) is 18.1. The van der Waals surface area contributed by atoms with Crippen LogP contribution >= 0.6 is 0 Å². The number of aryl methyl sites for hydroxylation is 1. The van der Waals surface area contributed by atoms with Gasteiger partial charge in [0.25, 0.3) is 0 Å². The van der Waals surface area contributed by atoms with Crippen LogP contribution in [0.25, 0.3) is 22.3 Å². The molecule has 3 heterocycles. The van der Waals surface area contributed by atoms with E-state index in [1.165, 1.54) is 21.4 Å². The van der Waals surface area contributed by atoms with Crippen molar-refractivity contribution in [1.29, 1.82) is 5.26 Å². The van der Waals surface area contributed by atoms with Crippen LogP contribution in [-0.4, -0.2) is 69.5 Å². The maximum atomic E-state index is 14.8. The molecule has 0 spiro atoms. The summed E-state index contributed by atoms with van der Waals surface area (Å²) in [6, 6.07) is 12.0. The molecule has 1 aliphatic rings. The van der Waals surface area contributed by atoms with Crippen molar-refractivity contribution in [3.63, 3.8) is 0 Å². The van der Waals surface area contributed by atoms with Gasteiger partial charge in [-0.05, 0) is 18.1 Å². The molecule has 10 nitrogen and oxygen atoms in total. The molecule has 1 N–H and O–H groups in total. The third-order valence-electron chi connectivity index (χ3n) is 6.61. The van der Waals surface area contributed by atoms with Crippen molar-refractivity contribution < 1.29 is 22.3 Å². The molecular weight excluding hydrogens is 516 g/mol. The van der Waals surface area contributed by atoms with Crippen LogP contribution in [0.2, 0.25) is 0 Å². The monoisotopic (exact) mass is 539 g/mol. The molecule has 0 unspecified atom stereocenters. The van der Waals surface area contributed by atoms with Gasteiger partial charge in [-0.15, -0.1) is 0 Å². The number of nitriles is 1. The summed E-state index contributed by atoms with van der Waals surface area (Å²) < 4.78 is 56.2. The van der Waals surface area contributed by atoms with Crippen molar-refractivity contribution in [2.45, 2.75) is 12.5 Å². The van der Waals surface area contributed by atoms with Crippen LogP contribution in [0.15, 0.2) is 42.6 Å². The van der Waals surface area contributed by atoms with Gasteiger partial charge >= 0.3 is 0 Å². The second-order valence-corrected chi connectivity index (χ2v) is 11.1. The number of aromatic hydroxyl groups is 1. The number of rotatable bonds is 5. The van der Waals surface area contributed by atoms with Crippen LogP contribution in [0.1, 0.15) is 11.1 Å². The van der Waals surface area contributed by atoms with Gasteiger partial charge in [-0.25, -0.2) is 26.9 Å². The van der Waals surface area contributed by atoms with Crippen LogP contribution in [-0.2, 0) is 23.5 Å². The number of hydrogen-bond donors (Lipinski definition) is 1. The lowest BCUT2D eigenvalue weighted by Gasteiger charge is -2.40. The molecule has 13 heteroatoms. The van der Waals surface area contributed by atoms with E-state index >= 15 is 0 Å². The fraction of sp³-hybridized carbons (Fsp3) is 0.280. The lowest BCUT2D eigenvalue weighted by Crippen LogP contribution is -2.56. The number of aromatic nitrogens is 4. The second-order valence-electron chi connectivity index (χ2n) is 9.10. The Kier molecular flexibility index (Phi) is 6.46. The molecule has 1 atom stereocenters. The molecule has 38 heavy (non-hydrogen) atoms. The topological polar surface area (TPSA) is 128 Å². The fourth-order valence-corrected chi connectivity index (χ4v) is 5.55. The third kappa shape index (κ3) is 4.52. The van der Waals surface area contributed by atoms with E-state index in [1.54, 1.807) is 13.1 Å². The van der Waals surface area contributed by atoms with Gasteiger partial charge < -0.3 is 10.0 Å². The highest BCUT2D eigenvalue weighted by atomic mass is 32.2. The van der Waals surface area contributed by atoms with E-state index in [9.17, 15) is 27.6 Å². The number of phenolic OH excluding ortho intramolecular Hbond substituents is 1. The van der Waals surface area contributed by atoms with Crippen LogP contribution in [0.4, 0.5) is 14.7 Å². The van der Waals surface area contributed by atoms with Crippen molar-refractivity contribution in [3.05, 3.63) is 65.4 Å². The lowest BCUT2D eigenvalue weighted by atomic mass is 10.0. The second kappa shape index (κ2) is 9.62. The van der Waals surface area contributed by atoms with Crippen molar-refractivity contribution >= 4 is 27.0 Å². The molecular formula is C25H23F2N7O3S. The minimum absolute atomic E-state index is 0.0427. The zero-order valence-corrected chi connectivity index (χ0v) is 21.3. The molecule has 2 aromatic heterocycles. The molecule has 0 saturated carbocycles. The number of sulfonamides is 1. The summed E-state index contributed by atoms with van der Waals surface area (Å²) in [5.74, 6) is -3.50. The minimum Gasteiger partial charge on any atom is -0.503 e. The first kappa shape index (κ1) is 25.5. The van der Waals surface area contributed by atoms with Crippen LogP contribution in [0.3, 0.4) is 0 Å². The number of nitrogens with zero attached hydrogens (tertiary/aromatic N) is 7. The van der Waals surface area contributed by atoms with E-state index < -0.39 is 33.0 Å². The van der Waals surface area contributed by atoms with Crippen molar-refractivity contribution in [3.8, 4) is 23.1 Å². The Morgan fingerprint density at radius 2 is 1.92 bits per heavy atom. The SMILES string of the molecule is Cn1nc(-c2cc(C#N)c(F)c(O)c2F)c2cnc(N3CCN(S(C)(=O)=O)C[C@H]3Cc3ccccc3)nc21. The quantitative estimate of drug-likeness (QED) is 0.410. The predicted molar refractivity (Wildman–Crippen MR) is 136 cm³/mol. The number of phenols is 1. The highest BCUT2D eigenvalue weighted by Gasteiger charge is 2.33. The summed E-state index contributed by atoms with van der Waals surface area (Å²) in [7, 11) is -1.80. The van der Waals surface area contributed by atoms with Crippen molar-refractivity contribution in [2.75, 3.05) is 30.8 Å². The molecule has 0 radical (unpaired) electrons. The minimum atomic E-state index is -3.40. The number of benzene rings is 2. The highest BCUT2D eigenvalue weighted by Crippen LogP contribution is 2.36. The van der Waals surface area contributed by atoms with E-state index in [2.05, 4.69) is 15.1 Å². The standard InChI is InChI=1S/C25H23F2N7O3S/c1-32-24-19(22(31-32)18-11-16(12-28)20(26)23(35)21(18)27)13-29-25(30-24)34-9-8-33(38(2,36)37)14-17(34)10-15-6-4-3-5-7-15/h3-7,11,13,17,35H,8-10,14H2,1-2H3/t17-/m1/s1. The summed E-state index contributed by atoms with van der Waals surface area (Å²) in [4.78, 5) is 11.1. The number of fused-ring (bicyclic) bond motifs is 1. The van der Waals surface area contributed by atoms with Gasteiger partial charge in [-0.2, -0.15) is 19.6 Å². The Morgan fingerprint density at radius 1 is 1.18 bits per heavy atom. The largest absolute Gasteiger partial charge is 0.503 e. The molecule has 1 fully saturated rings. The van der Waals surface area contributed by atoms with E-state index in [-0.39, 0.29) is 30.4 Å². The highest BCUT2D eigenvalue weighted by molar-refractivity contribution is 7.88. The number of anilines is 1. The van der Waals surface area contributed by atoms with Gasteiger partial charge in [0.1, 0.15) is 11.8 Å². The van der Waals surface area contributed by atoms with E-state index in [0.717, 1.165) is 11.6 Å². The Morgan fingerprint density at radius 3 is 2.61 bits per heavy atom. The van der Waals surface area contributed by atoms with Crippen LogP contribution in [0.5, 0.6) is 5.75 Å². The molecule has 196 valence electrons. The first-order valence-electron chi connectivity index (χ1n) is 11.7. The number of halogens is 2. The summed E-state index contributed by atoms with van der Waals surface area (Å²) in [5.41, 5.74) is 0.632. The third-order valence-corrected chi connectivity index (χ3v) is 7.88. The number of hydrogen-bond acceptors (Lipinski definition) is 8. The Labute approximate surface area is 217 Å². The maximum Gasteiger partial charge on any atom is 0.227 e. The van der Waals surface area contributed by atoms with Crippen molar-refractivity contribution in [1.82, 2.24) is 24.1 Å². The summed E-state index contributed by atoms with van der Waals surface area (Å²) >= 11 is 0. The number of piperazine rings is 1. The van der Waals surface area contributed by atoms with Gasteiger partial charge in [0.05, 0.1) is 17.2 Å². The normalized spacial score (nSPS) is 16.6.